The molecule has 0 unspecified atom stereocenters. The SMILES string of the molecule is Cn1ccn(CC(=O)Nc2cc(N)ccc2Cl)c1=O. The lowest BCUT2D eigenvalue weighted by Gasteiger charge is -2.08. The van der Waals surface area contributed by atoms with Crippen molar-refractivity contribution >= 4 is 28.9 Å². The number of carbonyl (C=O) groups excluding carboxylic acids is 1. The fraction of sp³-hybridized carbons (Fsp3) is 0.167. The van der Waals surface area contributed by atoms with Gasteiger partial charge in [-0.2, -0.15) is 0 Å². The van der Waals surface area contributed by atoms with Gasteiger partial charge in [-0.1, -0.05) is 11.6 Å². The molecule has 1 amide bonds. The van der Waals surface area contributed by atoms with Crippen molar-refractivity contribution in [1.82, 2.24) is 9.13 Å². The van der Waals surface area contributed by atoms with Crippen LogP contribution in [0.4, 0.5) is 11.4 Å². The molecule has 6 nitrogen and oxygen atoms in total. The molecule has 0 radical (unpaired) electrons. The Hall–Kier alpha value is -2.21. The Morgan fingerprint density at radius 3 is 2.79 bits per heavy atom. The van der Waals surface area contributed by atoms with E-state index in [9.17, 15) is 9.59 Å². The van der Waals surface area contributed by atoms with Crippen LogP contribution in [0.5, 0.6) is 0 Å². The molecule has 0 aliphatic carbocycles. The van der Waals surface area contributed by atoms with Gasteiger partial charge in [0, 0.05) is 25.1 Å². The van der Waals surface area contributed by atoms with Gasteiger partial charge in [0.05, 0.1) is 10.7 Å². The highest BCUT2D eigenvalue weighted by Crippen LogP contribution is 2.23. The smallest absolute Gasteiger partial charge is 0.328 e. The fourth-order valence-electron chi connectivity index (χ4n) is 1.61. The molecule has 7 heteroatoms. The molecule has 19 heavy (non-hydrogen) atoms. The second kappa shape index (κ2) is 5.19. The van der Waals surface area contributed by atoms with Crippen molar-refractivity contribution in [3.05, 3.63) is 46.1 Å². The first kappa shape index (κ1) is 13.2. The summed E-state index contributed by atoms with van der Waals surface area (Å²) in [6.45, 7) is -0.0786. The van der Waals surface area contributed by atoms with Crippen LogP contribution >= 0.6 is 11.6 Å². The van der Waals surface area contributed by atoms with Crippen LogP contribution in [-0.4, -0.2) is 15.0 Å². The zero-order valence-corrected chi connectivity index (χ0v) is 11.0. The number of carbonyl (C=O) groups is 1. The molecular formula is C12H13ClN4O2. The van der Waals surface area contributed by atoms with Crippen molar-refractivity contribution in [2.45, 2.75) is 6.54 Å². The van der Waals surface area contributed by atoms with Crippen molar-refractivity contribution < 1.29 is 4.79 Å². The zero-order valence-electron chi connectivity index (χ0n) is 10.3. The Kier molecular flexibility index (Phi) is 3.62. The Morgan fingerprint density at radius 1 is 1.42 bits per heavy atom. The molecule has 2 rings (SSSR count). The summed E-state index contributed by atoms with van der Waals surface area (Å²) in [6.07, 6.45) is 3.13. The number of hydrogen-bond acceptors (Lipinski definition) is 3. The van der Waals surface area contributed by atoms with Crippen molar-refractivity contribution in [2.75, 3.05) is 11.1 Å². The largest absolute Gasteiger partial charge is 0.399 e. The average molecular weight is 281 g/mol. The number of benzene rings is 1. The van der Waals surface area contributed by atoms with E-state index in [1.165, 1.54) is 9.13 Å². The maximum Gasteiger partial charge on any atom is 0.328 e. The standard InChI is InChI=1S/C12H13ClN4O2/c1-16-4-5-17(12(16)19)7-11(18)15-10-6-8(14)2-3-9(10)13/h2-6H,7,14H2,1H3,(H,15,18). The molecule has 1 aromatic heterocycles. The maximum atomic E-state index is 11.8. The molecule has 0 saturated carbocycles. The van der Waals surface area contributed by atoms with Crippen molar-refractivity contribution in [3.8, 4) is 0 Å². The molecule has 1 aromatic carbocycles. The summed E-state index contributed by atoms with van der Waals surface area (Å²) in [7, 11) is 1.62. The first-order chi connectivity index (χ1) is 8.97. The summed E-state index contributed by atoms with van der Waals surface area (Å²) in [6, 6.07) is 4.80. The lowest BCUT2D eigenvalue weighted by molar-refractivity contribution is -0.116. The van der Waals surface area contributed by atoms with Gasteiger partial charge in [-0.15, -0.1) is 0 Å². The van der Waals surface area contributed by atoms with Gasteiger partial charge in [-0.25, -0.2) is 4.79 Å². The van der Waals surface area contributed by atoms with Crippen LogP contribution in [0.2, 0.25) is 5.02 Å². The molecular weight excluding hydrogens is 268 g/mol. The van der Waals surface area contributed by atoms with Crippen LogP contribution in [0.1, 0.15) is 0 Å². The van der Waals surface area contributed by atoms with Gasteiger partial charge in [0.2, 0.25) is 5.91 Å². The zero-order chi connectivity index (χ0) is 14.0. The van der Waals surface area contributed by atoms with Crippen LogP contribution < -0.4 is 16.7 Å². The number of halogens is 1. The maximum absolute atomic E-state index is 11.8. The molecule has 0 spiro atoms. The number of hydrogen-bond donors (Lipinski definition) is 2. The minimum Gasteiger partial charge on any atom is -0.399 e. The van der Waals surface area contributed by atoms with E-state index in [0.717, 1.165) is 0 Å². The summed E-state index contributed by atoms with van der Waals surface area (Å²) in [5, 5.41) is 3.01. The average Bonchev–Trinajstić information content (AvgIpc) is 2.66. The van der Waals surface area contributed by atoms with Crippen LogP contribution in [0.15, 0.2) is 35.4 Å². The molecule has 0 atom stereocenters. The normalized spacial score (nSPS) is 10.4. The Morgan fingerprint density at radius 2 is 2.16 bits per heavy atom. The first-order valence-corrected chi connectivity index (χ1v) is 5.92. The highest BCUT2D eigenvalue weighted by Gasteiger charge is 2.09. The number of imidazole rings is 1. The summed E-state index contributed by atoms with van der Waals surface area (Å²) >= 11 is 5.94. The van der Waals surface area contributed by atoms with E-state index in [1.807, 2.05) is 0 Å². The summed E-state index contributed by atoms with van der Waals surface area (Å²) in [5.41, 5.74) is 6.28. The number of nitrogens with two attached hydrogens (primary N) is 1. The number of rotatable bonds is 3. The number of anilines is 2. The van der Waals surface area contributed by atoms with Gasteiger partial charge in [-0.05, 0) is 18.2 Å². The van der Waals surface area contributed by atoms with Gasteiger partial charge in [0.25, 0.3) is 0 Å². The number of nitrogens with one attached hydrogen (secondary N) is 1. The minimum absolute atomic E-state index is 0.0786. The quantitative estimate of drug-likeness (QED) is 0.825. The third kappa shape index (κ3) is 2.97. The van der Waals surface area contributed by atoms with Gasteiger partial charge in [0.1, 0.15) is 6.54 Å². The Balaban J connectivity index is 2.12. The first-order valence-electron chi connectivity index (χ1n) is 5.54. The molecule has 1 heterocycles. The van der Waals surface area contributed by atoms with Crippen LogP contribution in [-0.2, 0) is 18.4 Å². The molecule has 0 aliphatic rings. The topological polar surface area (TPSA) is 82.1 Å². The highest BCUT2D eigenvalue weighted by atomic mass is 35.5. The number of nitrogens with zero attached hydrogens (tertiary/aromatic N) is 2. The van der Waals surface area contributed by atoms with Crippen molar-refractivity contribution in [1.29, 1.82) is 0 Å². The Bertz CT molecular complexity index is 675. The van der Waals surface area contributed by atoms with E-state index in [0.29, 0.717) is 16.4 Å². The van der Waals surface area contributed by atoms with Gasteiger partial charge in [0.15, 0.2) is 0 Å². The monoisotopic (exact) mass is 280 g/mol. The second-order valence-corrected chi connectivity index (χ2v) is 4.51. The minimum atomic E-state index is -0.346. The van der Waals surface area contributed by atoms with E-state index in [1.54, 1.807) is 37.6 Å². The highest BCUT2D eigenvalue weighted by molar-refractivity contribution is 6.33. The summed E-state index contributed by atoms with van der Waals surface area (Å²) < 4.78 is 2.69. The molecule has 2 aromatic rings. The third-order valence-electron chi connectivity index (χ3n) is 2.60. The second-order valence-electron chi connectivity index (χ2n) is 4.11. The van der Waals surface area contributed by atoms with E-state index in [-0.39, 0.29) is 18.1 Å². The van der Waals surface area contributed by atoms with Gasteiger partial charge < -0.3 is 15.6 Å². The predicted molar refractivity (Wildman–Crippen MR) is 74.2 cm³/mol. The molecule has 0 aliphatic heterocycles. The third-order valence-corrected chi connectivity index (χ3v) is 2.93. The van der Waals surface area contributed by atoms with Gasteiger partial charge >= 0.3 is 5.69 Å². The summed E-state index contributed by atoms with van der Waals surface area (Å²) in [4.78, 5) is 23.4. The van der Waals surface area contributed by atoms with E-state index >= 15 is 0 Å². The number of aryl methyl sites for hydroxylation is 1. The number of amides is 1. The van der Waals surface area contributed by atoms with E-state index < -0.39 is 0 Å². The summed E-state index contributed by atoms with van der Waals surface area (Å²) in [5.74, 6) is -0.346. The molecule has 3 N–H and O–H groups in total. The fourth-order valence-corrected chi connectivity index (χ4v) is 1.78. The van der Waals surface area contributed by atoms with Crippen molar-refractivity contribution in [3.63, 3.8) is 0 Å². The van der Waals surface area contributed by atoms with Crippen LogP contribution in [0.3, 0.4) is 0 Å². The Labute approximate surface area is 114 Å². The lowest BCUT2D eigenvalue weighted by atomic mass is 10.3. The predicted octanol–water partition coefficient (Wildman–Crippen LogP) is 1.06. The van der Waals surface area contributed by atoms with Crippen molar-refractivity contribution in [2.24, 2.45) is 7.05 Å². The van der Waals surface area contributed by atoms with Gasteiger partial charge in [-0.3, -0.25) is 9.36 Å². The number of nitrogen functional groups attached to an aromatic ring is 1. The van der Waals surface area contributed by atoms with Crippen LogP contribution in [0, 0.1) is 0 Å². The molecule has 100 valence electrons. The van der Waals surface area contributed by atoms with Crippen LogP contribution in [0.25, 0.3) is 0 Å². The molecule has 0 fully saturated rings. The molecule has 0 bridgehead atoms. The number of aromatic nitrogens is 2. The van der Waals surface area contributed by atoms with E-state index in [2.05, 4.69) is 5.32 Å². The molecule has 0 saturated heterocycles. The lowest BCUT2D eigenvalue weighted by Crippen LogP contribution is -2.28. The van der Waals surface area contributed by atoms with E-state index in [4.69, 9.17) is 17.3 Å².